The zero-order valence-corrected chi connectivity index (χ0v) is 13.9. The lowest BCUT2D eigenvalue weighted by molar-refractivity contribution is 0.243. The van der Waals surface area contributed by atoms with E-state index in [1.165, 1.54) is 10.4 Å². The maximum atomic E-state index is 6.01. The number of methoxy groups -OCH3 is 1. The van der Waals surface area contributed by atoms with Crippen molar-refractivity contribution >= 4 is 11.3 Å². The van der Waals surface area contributed by atoms with Crippen molar-refractivity contribution in [3.63, 3.8) is 0 Å². The molecule has 0 saturated carbocycles. The predicted molar refractivity (Wildman–Crippen MR) is 87.8 cm³/mol. The summed E-state index contributed by atoms with van der Waals surface area (Å²) in [5.74, 6) is 0.912. The van der Waals surface area contributed by atoms with Crippen molar-refractivity contribution < 1.29 is 4.74 Å². The van der Waals surface area contributed by atoms with Gasteiger partial charge in [0.15, 0.2) is 0 Å². The molecule has 0 bridgehead atoms. The van der Waals surface area contributed by atoms with E-state index < -0.39 is 0 Å². The van der Waals surface area contributed by atoms with E-state index in [2.05, 4.69) is 42.9 Å². The summed E-state index contributed by atoms with van der Waals surface area (Å²) < 4.78 is 5.32. The van der Waals surface area contributed by atoms with Gasteiger partial charge in [0, 0.05) is 24.0 Å². The molecule has 2 N–H and O–H groups in total. The molecule has 2 aromatic rings. The first-order chi connectivity index (χ1) is 10.1. The Morgan fingerprint density at radius 2 is 2.14 bits per heavy atom. The van der Waals surface area contributed by atoms with E-state index in [4.69, 9.17) is 10.5 Å². The second kappa shape index (κ2) is 7.02. The average Bonchev–Trinajstić information content (AvgIpc) is 2.85. The fourth-order valence-corrected chi connectivity index (χ4v) is 3.33. The average molecular weight is 305 g/mol. The first-order valence-electron chi connectivity index (χ1n) is 7.00. The number of aromatic nitrogens is 1. The minimum atomic E-state index is 0.191. The lowest BCUT2D eigenvalue weighted by Gasteiger charge is -2.27. The Morgan fingerprint density at radius 1 is 1.38 bits per heavy atom. The lowest BCUT2D eigenvalue weighted by atomic mass is 10.0. The lowest BCUT2D eigenvalue weighted by Crippen LogP contribution is -2.30. The highest BCUT2D eigenvalue weighted by Gasteiger charge is 2.18. The molecule has 0 aliphatic heterocycles. The maximum Gasteiger partial charge on any atom is 0.121 e. The third-order valence-electron chi connectivity index (χ3n) is 3.80. The predicted octanol–water partition coefficient (Wildman–Crippen LogP) is 2.90. The summed E-state index contributed by atoms with van der Waals surface area (Å²) in [4.78, 5) is 7.88. The van der Waals surface area contributed by atoms with Gasteiger partial charge in [-0.1, -0.05) is 12.1 Å². The molecular weight excluding hydrogens is 282 g/mol. The smallest absolute Gasteiger partial charge is 0.121 e. The zero-order valence-electron chi connectivity index (χ0n) is 13.1. The minimum Gasteiger partial charge on any atom is -0.496 e. The van der Waals surface area contributed by atoms with Crippen molar-refractivity contribution in [1.82, 2.24) is 9.88 Å². The van der Waals surface area contributed by atoms with Crippen LogP contribution in [0.25, 0.3) is 0 Å². The van der Waals surface area contributed by atoms with Gasteiger partial charge >= 0.3 is 0 Å². The molecule has 4 nitrogen and oxygen atoms in total. The summed E-state index contributed by atoms with van der Waals surface area (Å²) >= 11 is 1.70. The molecule has 0 aliphatic rings. The second-order valence-electron chi connectivity index (χ2n) is 5.26. The highest BCUT2D eigenvalue weighted by atomic mass is 32.1. The molecule has 0 aliphatic carbocycles. The Morgan fingerprint density at radius 3 is 2.67 bits per heavy atom. The number of benzene rings is 1. The van der Waals surface area contributed by atoms with Crippen LogP contribution in [0, 0.1) is 13.8 Å². The maximum absolute atomic E-state index is 6.01. The van der Waals surface area contributed by atoms with Crippen molar-refractivity contribution in [2.45, 2.75) is 26.4 Å². The molecule has 0 spiro atoms. The molecule has 0 saturated heterocycles. The van der Waals surface area contributed by atoms with Crippen LogP contribution >= 0.6 is 11.3 Å². The second-order valence-corrected chi connectivity index (χ2v) is 6.20. The number of rotatable bonds is 6. The Hall–Kier alpha value is -1.43. The molecule has 2 rings (SSSR count). The Kier molecular flexibility index (Phi) is 5.33. The third kappa shape index (κ3) is 3.61. The molecule has 1 atom stereocenters. The van der Waals surface area contributed by atoms with E-state index in [-0.39, 0.29) is 6.04 Å². The van der Waals surface area contributed by atoms with Crippen LogP contribution in [-0.2, 0) is 6.54 Å². The van der Waals surface area contributed by atoms with Crippen LogP contribution in [0.4, 0.5) is 0 Å². The first-order valence-corrected chi connectivity index (χ1v) is 7.88. The summed E-state index contributed by atoms with van der Waals surface area (Å²) in [5, 5.41) is 0. The van der Waals surface area contributed by atoms with Gasteiger partial charge in [-0.15, -0.1) is 11.3 Å². The van der Waals surface area contributed by atoms with Crippen LogP contribution < -0.4 is 10.5 Å². The van der Waals surface area contributed by atoms with Crippen molar-refractivity contribution in [1.29, 1.82) is 0 Å². The van der Waals surface area contributed by atoms with Gasteiger partial charge in [0.1, 0.15) is 5.75 Å². The van der Waals surface area contributed by atoms with Gasteiger partial charge in [0.25, 0.3) is 0 Å². The Balaban J connectivity index is 2.18. The molecule has 1 heterocycles. The summed E-state index contributed by atoms with van der Waals surface area (Å²) in [5.41, 5.74) is 11.4. The number of aryl methyl sites for hydroxylation is 2. The summed E-state index contributed by atoms with van der Waals surface area (Å²) in [6.45, 7) is 5.56. The molecule has 5 heteroatoms. The first kappa shape index (κ1) is 15.9. The Bertz CT molecular complexity index is 597. The summed E-state index contributed by atoms with van der Waals surface area (Å²) in [6.07, 6.45) is 0. The van der Waals surface area contributed by atoms with E-state index >= 15 is 0 Å². The molecule has 114 valence electrons. The van der Waals surface area contributed by atoms with Crippen molar-refractivity contribution in [2.24, 2.45) is 5.73 Å². The van der Waals surface area contributed by atoms with Gasteiger partial charge < -0.3 is 10.5 Å². The van der Waals surface area contributed by atoms with E-state index in [0.29, 0.717) is 6.54 Å². The number of nitrogens with two attached hydrogens (primary N) is 1. The number of nitrogens with zero attached hydrogens (tertiary/aromatic N) is 2. The molecule has 0 fully saturated rings. The number of hydrogen-bond donors (Lipinski definition) is 1. The number of hydrogen-bond acceptors (Lipinski definition) is 5. The van der Waals surface area contributed by atoms with Gasteiger partial charge in [-0.25, -0.2) is 4.98 Å². The van der Waals surface area contributed by atoms with Crippen molar-refractivity contribution in [3.8, 4) is 5.75 Å². The van der Waals surface area contributed by atoms with E-state index in [1.807, 2.05) is 11.6 Å². The van der Waals surface area contributed by atoms with E-state index in [1.54, 1.807) is 18.4 Å². The topological polar surface area (TPSA) is 51.4 Å². The quantitative estimate of drug-likeness (QED) is 0.891. The molecule has 0 amide bonds. The Labute approximate surface area is 130 Å². The van der Waals surface area contributed by atoms with Crippen molar-refractivity contribution in [2.75, 3.05) is 20.7 Å². The fourth-order valence-electron chi connectivity index (χ4n) is 2.49. The SMILES string of the molecule is COc1ccc(C(CN)N(C)Cc2scnc2C)cc1C. The summed E-state index contributed by atoms with van der Waals surface area (Å²) in [6, 6.07) is 6.46. The zero-order chi connectivity index (χ0) is 15.4. The number of likely N-dealkylation sites (N-methyl/N-ethyl adjacent to an activating group) is 1. The van der Waals surface area contributed by atoms with Gasteiger partial charge in [0.2, 0.25) is 0 Å². The van der Waals surface area contributed by atoms with Gasteiger partial charge in [-0.05, 0) is 38.1 Å². The number of thiazole rings is 1. The van der Waals surface area contributed by atoms with Crippen molar-refractivity contribution in [3.05, 3.63) is 45.4 Å². The summed E-state index contributed by atoms with van der Waals surface area (Å²) in [7, 11) is 3.80. The van der Waals surface area contributed by atoms with Crippen LogP contribution in [0.1, 0.15) is 27.7 Å². The molecule has 21 heavy (non-hydrogen) atoms. The molecule has 1 aromatic carbocycles. The monoisotopic (exact) mass is 305 g/mol. The van der Waals surface area contributed by atoms with E-state index in [0.717, 1.165) is 23.6 Å². The normalized spacial score (nSPS) is 12.7. The van der Waals surface area contributed by atoms with Crippen LogP contribution in [0.2, 0.25) is 0 Å². The highest BCUT2D eigenvalue weighted by molar-refractivity contribution is 7.09. The minimum absolute atomic E-state index is 0.191. The molecule has 0 radical (unpaired) electrons. The third-order valence-corrected chi connectivity index (χ3v) is 4.72. The van der Waals surface area contributed by atoms with Gasteiger partial charge in [-0.3, -0.25) is 4.90 Å². The van der Waals surface area contributed by atoms with Crippen LogP contribution in [0.15, 0.2) is 23.7 Å². The van der Waals surface area contributed by atoms with Gasteiger partial charge in [0.05, 0.1) is 18.3 Å². The molecule has 1 unspecified atom stereocenters. The number of ether oxygens (including phenoxy) is 1. The molecule has 1 aromatic heterocycles. The van der Waals surface area contributed by atoms with Crippen LogP contribution in [0.3, 0.4) is 0 Å². The highest BCUT2D eigenvalue weighted by Crippen LogP contribution is 2.27. The standard InChI is InChI=1S/C16H23N3OS/c1-11-7-13(5-6-15(11)20-4)14(8-17)19(3)9-16-12(2)18-10-21-16/h5-7,10,14H,8-9,17H2,1-4H3. The fraction of sp³-hybridized carbons (Fsp3) is 0.438. The van der Waals surface area contributed by atoms with E-state index in [9.17, 15) is 0 Å². The van der Waals surface area contributed by atoms with Crippen LogP contribution in [-0.4, -0.2) is 30.6 Å². The molecular formula is C16H23N3OS. The van der Waals surface area contributed by atoms with Gasteiger partial charge in [-0.2, -0.15) is 0 Å². The largest absolute Gasteiger partial charge is 0.496 e. The van der Waals surface area contributed by atoms with Crippen LogP contribution in [0.5, 0.6) is 5.75 Å².